The summed E-state index contributed by atoms with van der Waals surface area (Å²) in [5.74, 6) is -0.556. The molecule has 0 aromatic heterocycles. The smallest absolute Gasteiger partial charge is 0.325 e. The first-order valence-electron chi connectivity index (χ1n) is 6.15. The average Bonchev–Trinajstić information content (AvgIpc) is 2.36. The van der Waals surface area contributed by atoms with Gasteiger partial charge < -0.3 is 15.2 Å². The van der Waals surface area contributed by atoms with Gasteiger partial charge in [0.2, 0.25) is 0 Å². The van der Waals surface area contributed by atoms with Gasteiger partial charge in [0.05, 0.1) is 18.1 Å². The zero-order valence-corrected chi connectivity index (χ0v) is 12.7. The highest BCUT2D eigenvalue weighted by Crippen LogP contribution is 2.31. The zero-order valence-electron chi connectivity index (χ0n) is 12.0. The topological polar surface area (TPSA) is 105 Å². The molecule has 0 saturated carbocycles. The molecule has 0 aliphatic carbocycles. The third-order valence-electron chi connectivity index (χ3n) is 2.81. The van der Waals surface area contributed by atoms with Crippen LogP contribution < -0.4 is 10.5 Å². The minimum Gasteiger partial charge on any atom is -0.484 e. The van der Waals surface area contributed by atoms with E-state index in [1.807, 2.05) is 0 Å². The maximum Gasteiger partial charge on any atom is 0.325 e. The number of nitro groups is 1. The Morgan fingerprint density at radius 1 is 1.57 bits per heavy atom. The van der Waals surface area contributed by atoms with Gasteiger partial charge in [-0.2, -0.15) is 0 Å². The van der Waals surface area contributed by atoms with Crippen molar-refractivity contribution in [2.75, 3.05) is 7.11 Å². The van der Waals surface area contributed by atoms with E-state index in [4.69, 9.17) is 22.1 Å². The zero-order chi connectivity index (χ0) is 16.2. The van der Waals surface area contributed by atoms with Crippen LogP contribution in [-0.4, -0.2) is 29.6 Å². The third-order valence-corrected chi connectivity index (χ3v) is 3.05. The monoisotopic (exact) mass is 316 g/mol. The van der Waals surface area contributed by atoms with Crippen molar-refractivity contribution in [1.29, 1.82) is 0 Å². The van der Waals surface area contributed by atoms with Crippen molar-refractivity contribution in [3.8, 4) is 5.75 Å². The number of hydrogen-bond acceptors (Lipinski definition) is 6. The highest BCUT2D eigenvalue weighted by atomic mass is 35.5. The Labute approximate surface area is 127 Å². The summed E-state index contributed by atoms with van der Waals surface area (Å²) in [6.45, 7) is 3.16. The molecule has 8 heteroatoms. The van der Waals surface area contributed by atoms with Crippen molar-refractivity contribution in [3.63, 3.8) is 0 Å². The van der Waals surface area contributed by atoms with E-state index in [0.717, 1.165) is 0 Å². The Bertz CT molecular complexity index is 547. The number of nitrogens with two attached hydrogens (primary N) is 1. The minimum absolute atomic E-state index is 0.0284. The maximum absolute atomic E-state index is 11.5. The molecule has 2 N–H and O–H groups in total. The Balaban J connectivity index is 2.89. The van der Waals surface area contributed by atoms with E-state index >= 15 is 0 Å². The summed E-state index contributed by atoms with van der Waals surface area (Å²) < 4.78 is 10.1. The number of nitro benzene ring substituents is 1. The number of carbonyl (C=O) groups is 1. The summed E-state index contributed by atoms with van der Waals surface area (Å²) in [5.41, 5.74) is 4.38. The van der Waals surface area contributed by atoms with Gasteiger partial charge in [0.15, 0.2) is 5.75 Å². The Hall–Kier alpha value is -1.86. The lowest BCUT2D eigenvalue weighted by molar-refractivity contribution is -0.386. The highest BCUT2D eigenvalue weighted by molar-refractivity contribution is 6.30. The lowest BCUT2D eigenvalue weighted by atomic mass is 9.96. The van der Waals surface area contributed by atoms with Crippen LogP contribution in [0.4, 0.5) is 5.69 Å². The molecule has 0 spiro atoms. The molecule has 0 aliphatic heterocycles. The summed E-state index contributed by atoms with van der Waals surface area (Å²) in [7, 11) is 1.24. The van der Waals surface area contributed by atoms with Gasteiger partial charge in [0.1, 0.15) is 5.54 Å². The van der Waals surface area contributed by atoms with Crippen LogP contribution in [0.1, 0.15) is 20.3 Å². The van der Waals surface area contributed by atoms with Gasteiger partial charge in [-0.1, -0.05) is 11.6 Å². The van der Waals surface area contributed by atoms with Crippen LogP contribution in [0.25, 0.3) is 0 Å². The molecule has 21 heavy (non-hydrogen) atoms. The van der Waals surface area contributed by atoms with Gasteiger partial charge in [-0.3, -0.25) is 14.9 Å². The van der Waals surface area contributed by atoms with Crippen LogP contribution in [-0.2, 0) is 9.53 Å². The number of rotatable bonds is 6. The lowest BCUT2D eigenvalue weighted by Crippen LogP contribution is -2.48. The van der Waals surface area contributed by atoms with Crippen LogP contribution in [0.15, 0.2) is 18.2 Å². The second kappa shape index (κ2) is 6.73. The summed E-state index contributed by atoms with van der Waals surface area (Å²) in [4.78, 5) is 21.9. The van der Waals surface area contributed by atoms with E-state index in [-0.39, 0.29) is 17.9 Å². The van der Waals surface area contributed by atoms with Crippen LogP contribution >= 0.6 is 11.6 Å². The van der Waals surface area contributed by atoms with E-state index in [1.165, 1.54) is 32.2 Å². The number of halogens is 1. The van der Waals surface area contributed by atoms with Crippen LogP contribution in [0.5, 0.6) is 5.75 Å². The van der Waals surface area contributed by atoms with E-state index < -0.39 is 22.5 Å². The molecule has 0 saturated heterocycles. The molecule has 2 atom stereocenters. The first-order chi connectivity index (χ1) is 9.67. The Morgan fingerprint density at radius 3 is 2.71 bits per heavy atom. The molecule has 0 radical (unpaired) electrons. The SMILES string of the molecule is COC(=O)C(C)(N)CC(C)Oc1cc(Cl)ccc1[N+](=O)[O-]. The Kier molecular flexibility index (Phi) is 5.51. The quantitative estimate of drug-likeness (QED) is 0.490. The number of carbonyl (C=O) groups excluding carboxylic acids is 1. The largest absolute Gasteiger partial charge is 0.484 e. The van der Waals surface area contributed by atoms with Crippen LogP contribution in [0.3, 0.4) is 0 Å². The van der Waals surface area contributed by atoms with Gasteiger partial charge in [-0.15, -0.1) is 0 Å². The predicted molar refractivity (Wildman–Crippen MR) is 77.4 cm³/mol. The number of hydrogen-bond donors (Lipinski definition) is 1. The second-order valence-corrected chi connectivity index (χ2v) is 5.35. The van der Waals surface area contributed by atoms with E-state index in [0.29, 0.717) is 5.02 Å². The fourth-order valence-electron chi connectivity index (χ4n) is 1.91. The fourth-order valence-corrected chi connectivity index (χ4v) is 2.07. The molecule has 1 rings (SSSR count). The van der Waals surface area contributed by atoms with Crippen molar-refractivity contribution < 1.29 is 19.2 Å². The van der Waals surface area contributed by atoms with Gasteiger partial charge in [-0.05, 0) is 19.9 Å². The van der Waals surface area contributed by atoms with Gasteiger partial charge in [0, 0.05) is 23.6 Å². The number of esters is 1. The average molecular weight is 317 g/mol. The lowest BCUT2D eigenvalue weighted by Gasteiger charge is -2.25. The summed E-state index contributed by atoms with van der Waals surface area (Å²) in [6.07, 6.45) is -0.417. The first-order valence-corrected chi connectivity index (χ1v) is 6.53. The van der Waals surface area contributed by atoms with Crippen LogP contribution in [0, 0.1) is 10.1 Å². The Morgan fingerprint density at radius 2 is 2.19 bits per heavy atom. The maximum atomic E-state index is 11.5. The van der Waals surface area contributed by atoms with E-state index in [9.17, 15) is 14.9 Å². The molecule has 1 aromatic rings. The summed E-state index contributed by atoms with van der Waals surface area (Å²) >= 11 is 5.81. The van der Waals surface area contributed by atoms with Gasteiger partial charge in [0.25, 0.3) is 0 Å². The number of methoxy groups -OCH3 is 1. The molecule has 1 aromatic carbocycles. The molecule has 0 aliphatic rings. The number of benzene rings is 1. The molecule has 0 bridgehead atoms. The molecule has 0 amide bonds. The normalized spacial score (nSPS) is 14.9. The molecule has 7 nitrogen and oxygen atoms in total. The van der Waals surface area contributed by atoms with E-state index in [1.54, 1.807) is 6.92 Å². The van der Waals surface area contributed by atoms with Crippen molar-refractivity contribution in [3.05, 3.63) is 33.3 Å². The molecule has 0 fully saturated rings. The minimum atomic E-state index is -1.25. The number of nitrogens with zero attached hydrogens (tertiary/aromatic N) is 1. The molecule has 116 valence electrons. The molecular formula is C13H17ClN2O5. The fraction of sp³-hybridized carbons (Fsp3) is 0.462. The van der Waals surface area contributed by atoms with Crippen molar-refractivity contribution in [1.82, 2.24) is 0 Å². The van der Waals surface area contributed by atoms with E-state index in [2.05, 4.69) is 4.74 Å². The van der Waals surface area contributed by atoms with Crippen molar-refractivity contribution in [2.45, 2.75) is 31.9 Å². The van der Waals surface area contributed by atoms with Crippen molar-refractivity contribution in [2.24, 2.45) is 5.73 Å². The molecule has 2 unspecified atom stereocenters. The van der Waals surface area contributed by atoms with Crippen LogP contribution in [0.2, 0.25) is 5.02 Å². The number of ether oxygens (including phenoxy) is 2. The standard InChI is InChI=1S/C13H17ClN2O5/c1-8(7-13(2,15)12(17)20-3)21-11-6-9(14)4-5-10(11)16(18)19/h4-6,8H,7,15H2,1-3H3. The predicted octanol–water partition coefficient (Wildman–Crippen LogP) is 2.30. The summed E-state index contributed by atoms with van der Waals surface area (Å²) in [6, 6.07) is 4.01. The van der Waals surface area contributed by atoms with Gasteiger partial charge >= 0.3 is 11.7 Å². The second-order valence-electron chi connectivity index (χ2n) is 4.91. The van der Waals surface area contributed by atoms with Crippen molar-refractivity contribution >= 4 is 23.3 Å². The molecular weight excluding hydrogens is 300 g/mol. The molecule has 0 heterocycles. The third kappa shape index (κ3) is 4.57. The summed E-state index contributed by atoms with van der Waals surface area (Å²) in [5, 5.41) is 11.2. The van der Waals surface area contributed by atoms with Gasteiger partial charge in [-0.25, -0.2) is 0 Å². The highest BCUT2D eigenvalue weighted by Gasteiger charge is 2.32. The first kappa shape index (κ1) is 17.2.